The molecule has 1 saturated heterocycles. The van der Waals surface area contributed by atoms with Crippen LogP contribution in [0.25, 0.3) is 0 Å². The van der Waals surface area contributed by atoms with Crippen LogP contribution in [-0.2, 0) is 4.79 Å². The van der Waals surface area contributed by atoms with Crippen LogP contribution in [-0.4, -0.2) is 48.1 Å². The summed E-state index contributed by atoms with van der Waals surface area (Å²) in [4.78, 5) is 14.8. The molecule has 7 heteroatoms. The lowest BCUT2D eigenvalue weighted by atomic mass is 9.78. The fourth-order valence-corrected chi connectivity index (χ4v) is 4.07. The van der Waals surface area contributed by atoms with Crippen molar-refractivity contribution < 1.29 is 18.0 Å². The number of halogens is 4. The van der Waals surface area contributed by atoms with E-state index in [9.17, 15) is 18.0 Å². The molecule has 0 saturated carbocycles. The Labute approximate surface area is 175 Å². The number of amides is 1. The molecule has 0 aromatic heterocycles. The van der Waals surface area contributed by atoms with Gasteiger partial charge in [0.05, 0.1) is 6.04 Å². The van der Waals surface area contributed by atoms with Gasteiger partial charge in [-0.1, -0.05) is 67.6 Å². The highest BCUT2D eigenvalue weighted by Crippen LogP contribution is 2.40. The largest absolute Gasteiger partial charge is 0.471 e. The van der Waals surface area contributed by atoms with E-state index in [4.69, 9.17) is 0 Å². The molecule has 158 valence electrons. The van der Waals surface area contributed by atoms with Crippen LogP contribution < -0.4 is 0 Å². The van der Waals surface area contributed by atoms with Crippen LogP contribution in [0.1, 0.15) is 31.0 Å². The van der Waals surface area contributed by atoms with E-state index in [1.165, 1.54) is 0 Å². The average Bonchev–Trinajstić information content (AvgIpc) is 2.65. The highest BCUT2D eigenvalue weighted by atomic mass is 35.5. The number of rotatable bonds is 6. The second kappa shape index (κ2) is 9.18. The topological polar surface area (TPSA) is 23.6 Å². The summed E-state index contributed by atoms with van der Waals surface area (Å²) in [5.41, 5.74) is 1.93. The molecular weight excluding hydrogens is 401 g/mol. The molecule has 29 heavy (non-hydrogen) atoms. The first kappa shape index (κ1) is 23.2. The molecule has 1 heterocycles. The lowest BCUT2D eigenvalue weighted by molar-refractivity contribution is -0.188. The minimum Gasteiger partial charge on any atom is -0.335 e. The number of hydrogen-bond donors (Lipinski definition) is 0. The van der Waals surface area contributed by atoms with Crippen molar-refractivity contribution in [3.05, 3.63) is 71.8 Å². The van der Waals surface area contributed by atoms with E-state index in [1.807, 2.05) is 43.3 Å². The van der Waals surface area contributed by atoms with Crippen LogP contribution in [0.4, 0.5) is 13.2 Å². The Kier molecular flexibility index (Phi) is 7.35. The third kappa shape index (κ3) is 5.31. The Balaban J connectivity index is 0.00000300. The van der Waals surface area contributed by atoms with Crippen LogP contribution in [0.15, 0.2) is 60.7 Å². The molecule has 3 rings (SSSR count). The van der Waals surface area contributed by atoms with Crippen molar-refractivity contribution >= 4 is 18.3 Å². The summed E-state index contributed by atoms with van der Waals surface area (Å²) >= 11 is 0. The summed E-state index contributed by atoms with van der Waals surface area (Å²) in [6.07, 6.45) is -4.83. The van der Waals surface area contributed by atoms with Crippen LogP contribution in [0, 0.1) is 5.41 Å². The molecule has 0 N–H and O–H groups in total. The molecule has 1 fully saturated rings. The molecule has 1 aliphatic rings. The van der Waals surface area contributed by atoms with Gasteiger partial charge in [-0.2, -0.15) is 13.2 Å². The number of nitrogens with zero attached hydrogens (tertiary/aromatic N) is 2. The summed E-state index contributed by atoms with van der Waals surface area (Å²) in [6, 6.07) is 20.2. The van der Waals surface area contributed by atoms with E-state index in [1.54, 1.807) is 6.92 Å². The molecule has 2 aromatic carbocycles. The quantitative estimate of drug-likeness (QED) is 0.653. The predicted octanol–water partition coefficient (Wildman–Crippen LogP) is 4.93. The van der Waals surface area contributed by atoms with Crippen LogP contribution in [0.5, 0.6) is 0 Å². The van der Waals surface area contributed by atoms with E-state index in [0.29, 0.717) is 13.1 Å². The van der Waals surface area contributed by atoms with Crippen molar-refractivity contribution in [3.8, 4) is 0 Å². The van der Waals surface area contributed by atoms with Crippen molar-refractivity contribution in [2.45, 2.75) is 26.1 Å². The second-order valence-corrected chi connectivity index (χ2v) is 7.76. The molecule has 0 bridgehead atoms. The van der Waals surface area contributed by atoms with Crippen molar-refractivity contribution in [3.63, 3.8) is 0 Å². The Hall–Kier alpha value is -2.05. The van der Waals surface area contributed by atoms with Crippen molar-refractivity contribution in [2.24, 2.45) is 5.41 Å². The van der Waals surface area contributed by atoms with Gasteiger partial charge in [-0.3, -0.25) is 9.69 Å². The maximum Gasteiger partial charge on any atom is 0.471 e. The van der Waals surface area contributed by atoms with Gasteiger partial charge in [0, 0.05) is 31.6 Å². The maximum absolute atomic E-state index is 12.8. The van der Waals surface area contributed by atoms with Gasteiger partial charge >= 0.3 is 12.1 Å². The van der Waals surface area contributed by atoms with Gasteiger partial charge in [0.15, 0.2) is 0 Å². The Morgan fingerprint density at radius 3 is 1.86 bits per heavy atom. The van der Waals surface area contributed by atoms with Gasteiger partial charge in [0.1, 0.15) is 0 Å². The maximum atomic E-state index is 12.8. The predicted molar refractivity (Wildman–Crippen MR) is 110 cm³/mol. The van der Waals surface area contributed by atoms with Crippen LogP contribution in [0.2, 0.25) is 0 Å². The minimum atomic E-state index is -4.83. The number of hydrogen-bond acceptors (Lipinski definition) is 2. The Bertz CT molecular complexity index is 753. The average molecular weight is 427 g/mol. The van der Waals surface area contributed by atoms with E-state index < -0.39 is 12.1 Å². The first-order valence-corrected chi connectivity index (χ1v) is 9.43. The molecule has 0 radical (unpaired) electrons. The van der Waals surface area contributed by atoms with Gasteiger partial charge in [0.2, 0.25) is 0 Å². The zero-order valence-electron chi connectivity index (χ0n) is 16.5. The van der Waals surface area contributed by atoms with Gasteiger partial charge < -0.3 is 4.90 Å². The van der Waals surface area contributed by atoms with Crippen LogP contribution >= 0.6 is 12.4 Å². The van der Waals surface area contributed by atoms with Crippen molar-refractivity contribution in [2.75, 3.05) is 26.2 Å². The zero-order valence-corrected chi connectivity index (χ0v) is 17.3. The third-order valence-corrected chi connectivity index (χ3v) is 5.25. The van der Waals surface area contributed by atoms with E-state index in [2.05, 4.69) is 29.2 Å². The van der Waals surface area contributed by atoms with Crippen molar-refractivity contribution in [1.29, 1.82) is 0 Å². The van der Waals surface area contributed by atoms with E-state index >= 15 is 0 Å². The minimum absolute atomic E-state index is 0. The van der Waals surface area contributed by atoms with Gasteiger partial charge in [-0.15, -0.1) is 12.4 Å². The summed E-state index contributed by atoms with van der Waals surface area (Å²) in [5, 5.41) is 0. The lowest BCUT2D eigenvalue weighted by Gasteiger charge is -2.53. The molecule has 1 amide bonds. The van der Waals surface area contributed by atoms with Gasteiger partial charge in [-0.05, 0) is 18.1 Å². The Morgan fingerprint density at radius 1 is 1.03 bits per heavy atom. The van der Waals surface area contributed by atoms with Gasteiger partial charge in [-0.25, -0.2) is 0 Å². The first-order chi connectivity index (χ1) is 13.2. The number of carbonyl (C=O) groups excluding carboxylic acids is 1. The molecule has 3 nitrogen and oxygen atoms in total. The molecule has 0 atom stereocenters. The Morgan fingerprint density at radius 2 is 1.48 bits per heavy atom. The summed E-state index contributed by atoms with van der Waals surface area (Å²) in [6.45, 7) is 4.94. The number of likely N-dealkylation sites (tertiary alicyclic amines) is 1. The fraction of sp³-hybridized carbons (Fsp3) is 0.409. The molecule has 0 unspecified atom stereocenters. The van der Waals surface area contributed by atoms with Crippen molar-refractivity contribution in [1.82, 2.24) is 9.80 Å². The van der Waals surface area contributed by atoms with E-state index in [0.717, 1.165) is 16.0 Å². The third-order valence-electron chi connectivity index (χ3n) is 5.25. The SMILES string of the molecule is CCN(CC1(C)CN(C(c2ccccc2)c2ccccc2)C1)C(=O)C(F)(F)F.Cl. The number of benzene rings is 2. The molecule has 1 aliphatic heterocycles. The summed E-state index contributed by atoms with van der Waals surface area (Å²) < 4.78 is 38.5. The highest BCUT2D eigenvalue weighted by molar-refractivity contribution is 5.85. The van der Waals surface area contributed by atoms with E-state index in [-0.39, 0.29) is 37.0 Å². The molecule has 0 spiro atoms. The van der Waals surface area contributed by atoms with Crippen LogP contribution in [0.3, 0.4) is 0 Å². The van der Waals surface area contributed by atoms with Gasteiger partial charge in [0.25, 0.3) is 0 Å². The zero-order chi connectivity index (χ0) is 20.4. The molecule has 2 aromatic rings. The lowest BCUT2D eigenvalue weighted by Crippen LogP contribution is -2.61. The highest BCUT2D eigenvalue weighted by Gasteiger charge is 2.48. The fourth-order valence-electron chi connectivity index (χ4n) is 4.07. The second-order valence-electron chi connectivity index (χ2n) is 7.76. The number of alkyl halides is 3. The summed E-state index contributed by atoms with van der Waals surface area (Å²) in [5.74, 6) is -1.75. The smallest absolute Gasteiger partial charge is 0.335 e. The number of carbonyl (C=O) groups is 1. The normalized spacial score (nSPS) is 16.1. The summed E-state index contributed by atoms with van der Waals surface area (Å²) in [7, 11) is 0. The molecular formula is C22H26ClF3N2O. The standard InChI is InChI=1S/C22H25F3N2O.ClH/c1-3-26(20(28)22(23,24)25)14-21(2)15-27(16-21)19(17-10-6-4-7-11-17)18-12-8-5-9-13-18;/h4-13,19H,3,14-16H2,1-2H3;1H. The molecule has 0 aliphatic carbocycles. The first-order valence-electron chi connectivity index (χ1n) is 9.43. The monoisotopic (exact) mass is 426 g/mol.